The number of hydrogen-bond acceptors (Lipinski definition) is 2. The summed E-state index contributed by atoms with van der Waals surface area (Å²) in [7, 11) is -5.33. The minimum absolute atomic E-state index is 0.109. The van der Waals surface area contributed by atoms with Crippen LogP contribution in [-0.4, -0.2) is 19.1 Å². The summed E-state index contributed by atoms with van der Waals surface area (Å²) in [6.07, 6.45) is -5.11. The van der Waals surface area contributed by atoms with Crippen LogP contribution in [0.3, 0.4) is 0 Å². The lowest BCUT2D eigenvalue weighted by Crippen LogP contribution is -2.28. The molecule has 0 radical (unpaired) electrons. The molecule has 7 heteroatoms. The third-order valence-electron chi connectivity index (χ3n) is 2.92. The molecule has 2 rings (SSSR count). The van der Waals surface area contributed by atoms with E-state index in [0.717, 1.165) is 6.07 Å². The predicted molar refractivity (Wildman–Crippen MR) is 72.2 cm³/mol. The number of benzene rings is 2. The Labute approximate surface area is 119 Å². The average molecular weight is 316 g/mol. The smallest absolute Gasteiger partial charge is 0.285 e. The van der Waals surface area contributed by atoms with Gasteiger partial charge < -0.3 is 0 Å². The molecule has 0 saturated heterocycles. The maximum Gasteiger partial charge on any atom is 0.411 e. The van der Waals surface area contributed by atoms with Gasteiger partial charge in [-0.3, -0.25) is 4.55 Å². The number of alkyl halides is 3. The van der Waals surface area contributed by atoms with E-state index in [1.54, 1.807) is 30.3 Å². The summed E-state index contributed by atoms with van der Waals surface area (Å²) in [6, 6.07) is 13.3. The van der Waals surface area contributed by atoms with Crippen LogP contribution in [0.4, 0.5) is 13.2 Å². The van der Waals surface area contributed by atoms with Gasteiger partial charge in [0.2, 0.25) is 5.25 Å². The minimum atomic E-state index is -5.33. The minimum Gasteiger partial charge on any atom is -0.285 e. The van der Waals surface area contributed by atoms with E-state index in [4.69, 9.17) is 4.55 Å². The lowest BCUT2D eigenvalue weighted by molar-refractivity contribution is -0.132. The third kappa shape index (κ3) is 3.43. The molecule has 2 aromatic rings. The van der Waals surface area contributed by atoms with E-state index in [9.17, 15) is 21.6 Å². The maximum absolute atomic E-state index is 13.1. The molecule has 0 fully saturated rings. The van der Waals surface area contributed by atoms with Crippen molar-refractivity contribution in [3.8, 4) is 11.1 Å². The molecule has 1 unspecified atom stereocenters. The van der Waals surface area contributed by atoms with Crippen LogP contribution in [-0.2, 0) is 10.1 Å². The quantitative estimate of drug-likeness (QED) is 0.875. The van der Waals surface area contributed by atoms with Crippen molar-refractivity contribution in [2.45, 2.75) is 11.4 Å². The lowest BCUT2D eigenvalue weighted by Gasteiger charge is -2.20. The first-order valence-electron chi connectivity index (χ1n) is 5.88. The first-order valence-corrected chi connectivity index (χ1v) is 7.39. The van der Waals surface area contributed by atoms with Crippen LogP contribution in [0.1, 0.15) is 10.8 Å². The third-order valence-corrected chi connectivity index (χ3v) is 4.04. The number of hydrogen-bond donors (Lipinski definition) is 1. The van der Waals surface area contributed by atoms with Gasteiger partial charge in [-0.1, -0.05) is 54.6 Å². The summed E-state index contributed by atoms with van der Waals surface area (Å²) in [5, 5.41) is -2.97. The van der Waals surface area contributed by atoms with E-state index in [-0.39, 0.29) is 5.56 Å². The first kappa shape index (κ1) is 15.5. The van der Waals surface area contributed by atoms with E-state index < -0.39 is 27.1 Å². The molecule has 0 aliphatic carbocycles. The van der Waals surface area contributed by atoms with E-state index in [2.05, 4.69) is 0 Å². The summed E-state index contributed by atoms with van der Waals surface area (Å²) in [6.45, 7) is 0. The topological polar surface area (TPSA) is 54.4 Å². The van der Waals surface area contributed by atoms with Crippen LogP contribution in [0.2, 0.25) is 0 Å². The second-order valence-electron chi connectivity index (χ2n) is 4.39. The van der Waals surface area contributed by atoms with Gasteiger partial charge in [-0.05, 0) is 16.7 Å². The Morgan fingerprint density at radius 1 is 0.905 bits per heavy atom. The van der Waals surface area contributed by atoms with Crippen molar-refractivity contribution >= 4 is 10.1 Å². The Bertz CT molecular complexity index is 725. The molecular weight excluding hydrogens is 305 g/mol. The summed E-state index contributed by atoms with van der Waals surface area (Å²) in [4.78, 5) is 0. The maximum atomic E-state index is 13.1. The normalized spacial score (nSPS) is 13.9. The number of rotatable bonds is 3. The fourth-order valence-electron chi connectivity index (χ4n) is 2.11. The Balaban J connectivity index is 2.69. The second kappa shape index (κ2) is 5.50. The molecule has 0 aromatic heterocycles. The van der Waals surface area contributed by atoms with Gasteiger partial charge in [-0.15, -0.1) is 0 Å². The Kier molecular flexibility index (Phi) is 4.06. The highest BCUT2D eigenvalue weighted by molar-refractivity contribution is 7.86. The van der Waals surface area contributed by atoms with Crippen LogP contribution in [0.15, 0.2) is 54.6 Å². The van der Waals surface area contributed by atoms with Gasteiger partial charge in [-0.25, -0.2) is 0 Å². The zero-order chi connectivity index (χ0) is 15.7. The van der Waals surface area contributed by atoms with E-state index >= 15 is 0 Å². The molecule has 0 spiro atoms. The van der Waals surface area contributed by atoms with Crippen molar-refractivity contribution in [1.82, 2.24) is 0 Å². The zero-order valence-electron chi connectivity index (χ0n) is 10.6. The second-order valence-corrected chi connectivity index (χ2v) is 5.89. The molecule has 0 bridgehead atoms. The van der Waals surface area contributed by atoms with Crippen molar-refractivity contribution in [3.05, 3.63) is 60.2 Å². The monoisotopic (exact) mass is 316 g/mol. The fraction of sp³-hybridized carbons (Fsp3) is 0.143. The molecule has 0 aliphatic rings. The predicted octanol–water partition coefficient (Wildman–Crippen LogP) is 3.84. The van der Waals surface area contributed by atoms with Gasteiger partial charge in [0.25, 0.3) is 10.1 Å². The molecule has 0 aliphatic heterocycles. The molecule has 2 aromatic carbocycles. The first-order chi connectivity index (χ1) is 9.71. The molecule has 3 nitrogen and oxygen atoms in total. The van der Waals surface area contributed by atoms with Crippen LogP contribution in [0.25, 0.3) is 11.1 Å². The zero-order valence-corrected chi connectivity index (χ0v) is 11.4. The Hall–Kier alpha value is -1.86. The van der Waals surface area contributed by atoms with Gasteiger partial charge in [0.15, 0.2) is 0 Å². The average Bonchev–Trinajstić information content (AvgIpc) is 2.37. The van der Waals surface area contributed by atoms with Crippen molar-refractivity contribution in [3.63, 3.8) is 0 Å². The molecule has 1 atom stereocenters. The van der Waals surface area contributed by atoms with Crippen LogP contribution in [0.5, 0.6) is 0 Å². The van der Waals surface area contributed by atoms with Gasteiger partial charge in [0.05, 0.1) is 0 Å². The Morgan fingerprint density at radius 3 is 1.95 bits per heavy atom. The van der Waals surface area contributed by atoms with Gasteiger partial charge in [0.1, 0.15) is 0 Å². The van der Waals surface area contributed by atoms with Gasteiger partial charge >= 0.3 is 6.18 Å². The molecule has 112 valence electrons. The van der Waals surface area contributed by atoms with Gasteiger partial charge in [0, 0.05) is 0 Å². The van der Waals surface area contributed by atoms with Gasteiger partial charge in [-0.2, -0.15) is 21.6 Å². The number of halogens is 3. The SMILES string of the molecule is O=S(=O)(O)C(c1ccccc1-c1ccccc1)C(F)(F)F. The molecule has 21 heavy (non-hydrogen) atoms. The van der Waals surface area contributed by atoms with Crippen molar-refractivity contribution in [1.29, 1.82) is 0 Å². The largest absolute Gasteiger partial charge is 0.411 e. The molecule has 1 N–H and O–H groups in total. The Morgan fingerprint density at radius 2 is 1.43 bits per heavy atom. The molecule has 0 saturated carbocycles. The molecule has 0 heterocycles. The summed E-state index contributed by atoms with van der Waals surface area (Å²) in [5.41, 5.74) is 0.0442. The highest BCUT2D eigenvalue weighted by Crippen LogP contribution is 2.42. The summed E-state index contributed by atoms with van der Waals surface area (Å²) >= 11 is 0. The molecular formula is C14H11F3O3S. The van der Waals surface area contributed by atoms with E-state index in [0.29, 0.717) is 5.56 Å². The highest BCUT2D eigenvalue weighted by Gasteiger charge is 2.50. The van der Waals surface area contributed by atoms with Crippen molar-refractivity contribution < 1.29 is 26.1 Å². The molecule has 0 amide bonds. The highest BCUT2D eigenvalue weighted by atomic mass is 32.2. The standard InChI is InChI=1S/C14H11F3O3S/c15-14(16,17)13(21(18,19)20)12-9-5-4-8-11(12)10-6-2-1-3-7-10/h1-9,13H,(H,18,19,20). The van der Waals surface area contributed by atoms with Crippen LogP contribution in [0, 0.1) is 0 Å². The summed E-state index contributed by atoms with van der Waals surface area (Å²) < 4.78 is 70.6. The van der Waals surface area contributed by atoms with Crippen LogP contribution < -0.4 is 0 Å². The summed E-state index contributed by atoms with van der Waals surface area (Å²) in [5.74, 6) is 0. The van der Waals surface area contributed by atoms with E-state index in [1.165, 1.54) is 18.2 Å². The lowest BCUT2D eigenvalue weighted by atomic mass is 9.97. The fourth-order valence-corrected chi connectivity index (χ4v) is 2.98. The van der Waals surface area contributed by atoms with Crippen molar-refractivity contribution in [2.75, 3.05) is 0 Å². The van der Waals surface area contributed by atoms with Crippen molar-refractivity contribution in [2.24, 2.45) is 0 Å². The van der Waals surface area contributed by atoms with E-state index in [1.807, 2.05) is 0 Å². The van der Waals surface area contributed by atoms with Crippen LogP contribution >= 0.6 is 0 Å².